The van der Waals surface area contributed by atoms with E-state index in [1.807, 2.05) is 19.1 Å². The summed E-state index contributed by atoms with van der Waals surface area (Å²) in [5.74, 6) is -1.47. The van der Waals surface area contributed by atoms with E-state index in [1.54, 1.807) is 30.5 Å². The second-order valence-corrected chi connectivity index (χ2v) is 7.31. The SMILES string of the molecule is Cc1cccc(Cl)c1C(=O)n1nc(C2=CCC(C(=O)O)CC2)c2ncccc21. The highest BCUT2D eigenvalue weighted by molar-refractivity contribution is 6.34. The highest BCUT2D eigenvalue weighted by Crippen LogP contribution is 2.33. The van der Waals surface area contributed by atoms with Crippen molar-refractivity contribution in [3.05, 3.63) is 64.4 Å². The van der Waals surface area contributed by atoms with Crippen LogP contribution in [0.1, 0.15) is 40.9 Å². The molecule has 1 unspecified atom stereocenters. The van der Waals surface area contributed by atoms with Crippen molar-refractivity contribution in [2.45, 2.75) is 26.2 Å². The summed E-state index contributed by atoms with van der Waals surface area (Å²) in [6, 6.07) is 8.87. The lowest BCUT2D eigenvalue weighted by Gasteiger charge is -2.17. The van der Waals surface area contributed by atoms with E-state index in [9.17, 15) is 14.7 Å². The average molecular weight is 396 g/mol. The van der Waals surface area contributed by atoms with Crippen molar-refractivity contribution in [3.8, 4) is 0 Å². The first-order chi connectivity index (χ1) is 13.5. The van der Waals surface area contributed by atoms with Gasteiger partial charge in [0.2, 0.25) is 0 Å². The van der Waals surface area contributed by atoms with E-state index >= 15 is 0 Å². The number of aliphatic carboxylic acids is 1. The van der Waals surface area contributed by atoms with E-state index in [4.69, 9.17) is 11.6 Å². The molecule has 142 valence electrons. The molecule has 0 saturated heterocycles. The lowest BCUT2D eigenvalue weighted by atomic mass is 9.88. The monoisotopic (exact) mass is 395 g/mol. The van der Waals surface area contributed by atoms with Gasteiger partial charge in [0.1, 0.15) is 11.2 Å². The second kappa shape index (κ2) is 7.20. The average Bonchev–Trinajstić information content (AvgIpc) is 3.07. The van der Waals surface area contributed by atoms with Crippen molar-refractivity contribution in [1.29, 1.82) is 0 Å². The molecule has 0 bridgehead atoms. The normalized spacial score (nSPS) is 16.8. The van der Waals surface area contributed by atoms with Crippen LogP contribution in [0.5, 0.6) is 0 Å². The number of aromatic nitrogens is 3. The van der Waals surface area contributed by atoms with Gasteiger partial charge < -0.3 is 5.11 Å². The first kappa shape index (κ1) is 18.4. The number of fused-ring (bicyclic) bond motifs is 1. The minimum absolute atomic E-state index is 0.313. The molecule has 2 aromatic heterocycles. The molecule has 0 saturated carbocycles. The number of carbonyl (C=O) groups is 2. The molecule has 4 rings (SSSR count). The number of carbonyl (C=O) groups excluding carboxylic acids is 1. The summed E-state index contributed by atoms with van der Waals surface area (Å²) >= 11 is 6.28. The maximum absolute atomic E-state index is 13.2. The van der Waals surface area contributed by atoms with E-state index in [1.165, 1.54) is 4.68 Å². The number of halogens is 1. The lowest BCUT2D eigenvalue weighted by molar-refractivity contribution is -0.141. The molecule has 1 atom stereocenters. The Bertz CT molecular complexity index is 1110. The predicted molar refractivity (Wildman–Crippen MR) is 106 cm³/mol. The molecule has 0 amide bonds. The van der Waals surface area contributed by atoms with E-state index in [0.29, 0.717) is 46.6 Å². The Morgan fingerprint density at radius 3 is 2.75 bits per heavy atom. The first-order valence-corrected chi connectivity index (χ1v) is 9.41. The van der Waals surface area contributed by atoms with Gasteiger partial charge in [-0.2, -0.15) is 9.78 Å². The Hall–Kier alpha value is -2.99. The molecular formula is C21H18ClN3O3. The minimum Gasteiger partial charge on any atom is -0.481 e. The van der Waals surface area contributed by atoms with Gasteiger partial charge >= 0.3 is 5.97 Å². The number of hydrogen-bond donors (Lipinski definition) is 1. The summed E-state index contributed by atoms with van der Waals surface area (Å²) in [6.45, 7) is 1.83. The quantitative estimate of drug-likeness (QED) is 0.712. The predicted octanol–water partition coefficient (Wildman–Crippen LogP) is 4.35. The first-order valence-electron chi connectivity index (χ1n) is 9.03. The molecule has 0 spiro atoms. The third-order valence-corrected chi connectivity index (χ3v) is 5.45. The van der Waals surface area contributed by atoms with E-state index < -0.39 is 5.97 Å². The molecule has 6 nitrogen and oxygen atoms in total. The number of carboxylic acid groups (broad SMARTS) is 1. The fraction of sp³-hybridized carbons (Fsp3) is 0.238. The van der Waals surface area contributed by atoms with Crippen LogP contribution in [0.15, 0.2) is 42.6 Å². The van der Waals surface area contributed by atoms with E-state index in [2.05, 4.69) is 10.1 Å². The van der Waals surface area contributed by atoms with Crippen LogP contribution in [0.4, 0.5) is 0 Å². The van der Waals surface area contributed by atoms with Crippen LogP contribution in [0.2, 0.25) is 5.02 Å². The summed E-state index contributed by atoms with van der Waals surface area (Å²) in [5.41, 5.74) is 3.95. The summed E-state index contributed by atoms with van der Waals surface area (Å²) in [6.07, 6.45) is 5.13. The van der Waals surface area contributed by atoms with Crippen molar-refractivity contribution in [1.82, 2.24) is 14.8 Å². The smallest absolute Gasteiger partial charge is 0.306 e. The molecule has 1 aromatic carbocycles. The van der Waals surface area contributed by atoms with Crippen molar-refractivity contribution in [2.24, 2.45) is 5.92 Å². The number of hydrogen-bond acceptors (Lipinski definition) is 4. The Kier molecular flexibility index (Phi) is 4.73. The van der Waals surface area contributed by atoms with Crippen LogP contribution >= 0.6 is 11.6 Å². The molecule has 28 heavy (non-hydrogen) atoms. The van der Waals surface area contributed by atoms with Gasteiger partial charge in [-0.1, -0.05) is 29.8 Å². The summed E-state index contributed by atoms with van der Waals surface area (Å²) in [4.78, 5) is 28.9. The molecule has 0 aliphatic heterocycles. The molecule has 0 fully saturated rings. The van der Waals surface area contributed by atoms with Gasteiger partial charge in [0.25, 0.3) is 5.91 Å². The maximum Gasteiger partial charge on any atom is 0.306 e. The van der Waals surface area contributed by atoms with Crippen LogP contribution in [0, 0.1) is 12.8 Å². The molecule has 1 aliphatic rings. The number of nitrogens with zero attached hydrogens (tertiary/aromatic N) is 3. The highest BCUT2D eigenvalue weighted by atomic mass is 35.5. The van der Waals surface area contributed by atoms with Gasteiger partial charge in [0, 0.05) is 6.20 Å². The highest BCUT2D eigenvalue weighted by Gasteiger charge is 2.26. The number of benzene rings is 1. The summed E-state index contributed by atoms with van der Waals surface area (Å²) in [7, 11) is 0. The zero-order chi connectivity index (χ0) is 19.8. The molecule has 2 heterocycles. The zero-order valence-electron chi connectivity index (χ0n) is 15.2. The largest absolute Gasteiger partial charge is 0.481 e. The van der Waals surface area contributed by atoms with Gasteiger partial charge in [0.15, 0.2) is 0 Å². The number of allylic oxidation sites excluding steroid dienone is 2. The van der Waals surface area contributed by atoms with Crippen molar-refractivity contribution < 1.29 is 14.7 Å². The van der Waals surface area contributed by atoms with Crippen LogP contribution in [0.25, 0.3) is 16.6 Å². The second-order valence-electron chi connectivity index (χ2n) is 6.91. The topological polar surface area (TPSA) is 85.1 Å². The fourth-order valence-corrected chi connectivity index (χ4v) is 3.91. The molecule has 3 aromatic rings. The number of rotatable bonds is 3. The van der Waals surface area contributed by atoms with Crippen molar-refractivity contribution >= 4 is 40.1 Å². The lowest BCUT2D eigenvalue weighted by Crippen LogP contribution is -2.17. The molecule has 1 N–H and O–H groups in total. The summed E-state index contributed by atoms with van der Waals surface area (Å²) < 4.78 is 1.34. The van der Waals surface area contributed by atoms with Crippen LogP contribution < -0.4 is 0 Å². The Balaban J connectivity index is 1.82. The third-order valence-electron chi connectivity index (χ3n) is 5.13. The minimum atomic E-state index is -0.784. The van der Waals surface area contributed by atoms with Gasteiger partial charge in [-0.05, 0) is 55.5 Å². The molecule has 0 radical (unpaired) electrons. The van der Waals surface area contributed by atoms with Gasteiger partial charge in [-0.3, -0.25) is 14.6 Å². The molecule has 1 aliphatic carbocycles. The number of pyridine rings is 1. The molecular weight excluding hydrogens is 378 g/mol. The Morgan fingerprint density at radius 1 is 1.25 bits per heavy atom. The van der Waals surface area contributed by atoms with Crippen molar-refractivity contribution in [3.63, 3.8) is 0 Å². The van der Waals surface area contributed by atoms with E-state index in [0.717, 1.165) is 11.1 Å². The summed E-state index contributed by atoms with van der Waals surface area (Å²) in [5, 5.41) is 14.2. The van der Waals surface area contributed by atoms with Crippen molar-refractivity contribution in [2.75, 3.05) is 0 Å². The van der Waals surface area contributed by atoms with Gasteiger partial charge in [-0.25, -0.2) is 0 Å². The number of carboxylic acids is 1. The van der Waals surface area contributed by atoms with Crippen LogP contribution in [0.3, 0.4) is 0 Å². The van der Waals surface area contributed by atoms with Gasteiger partial charge in [-0.15, -0.1) is 0 Å². The van der Waals surface area contributed by atoms with Crippen LogP contribution in [-0.4, -0.2) is 31.7 Å². The standard InChI is InChI=1S/C21H18ClN3O3/c1-12-4-2-5-15(22)17(12)20(26)25-16-6-3-11-23-19(16)18(24-25)13-7-9-14(10-8-13)21(27)28/h2-7,11,14H,8-10H2,1H3,(H,27,28). The van der Waals surface area contributed by atoms with Gasteiger partial charge in [0.05, 0.1) is 22.0 Å². The number of aryl methyl sites for hydroxylation is 1. The Labute approximate surface area is 166 Å². The maximum atomic E-state index is 13.2. The Morgan fingerprint density at radius 2 is 2.07 bits per heavy atom. The zero-order valence-corrected chi connectivity index (χ0v) is 16.0. The van der Waals surface area contributed by atoms with E-state index in [-0.39, 0.29) is 11.8 Å². The molecule has 7 heteroatoms. The van der Waals surface area contributed by atoms with Crippen LogP contribution in [-0.2, 0) is 4.79 Å². The fourth-order valence-electron chi connectivity index (χ4n) is 3.60. The third kappa shape index (κ3) is 3.10.